The normalized spacial score (nSPS) is 10.3. The molecule has 1 heterocycles. The van der Waals surface area contributed by atoms with Gasteiger partial charge in [-0.05, 0) is 18.2 Å². The molecule has 2 aromatic rings. The molecule has 0 bridgehead atoms. The van der Waals surface area contributed by atoms with E-state index in [1.807, 2.05) is 0 Å². The lowest BCUT2D eigenvalue weighted by Gasteiger charge is -2.07. The molecule has 7 heteroatoms. The summed E-state index contributed by atoms with van der Waals surface area (Å²) in [7, 11) is 0. The van der Waals surface area contributed by atoms with E-state index in [1.54, 1.807) is 29.2 Å². The summed E-state index contributed by atoms with van der Waals surface area (Å²) < 4.78 is 1.69. The van der Waals surface area contributed by atoms with E-state index in [-0.39, 0.29) is 10.6 Å². The topological polar surface area (TPSA) is 80.0 Å². The van der Waals surface area contributed by atoms with Crippen molar-refractivity contribution < 1.29 is 9.90 Å². The van der Waals surface area contributed by atoms with Gasteiger partial charge in [0.05, 0.1) is 23.3 Å². The Labute approximate surface area is 108 Å². The summed E-state index contributed by atoms with van der Waals surface area (Å²) >= 11 is 5.85. The number of benzene rings is 1. The van der Waals surface area contributed by atoms with Crippen LogP contribution in [0.1, 0.15) is 10.4 Å². The van der Waals surface area contributed by atoms with Crippen molar-refractivity contribution in [3.05, 3.63) is 41.2 Å². The summed E-state index contributed by atoms with van der Waals surface area (Å²) in [4.78, 5) is 10.8. The number of rotatable bonds is 5. The number of hydrogen-bond donors (Lipinski definition) is 2. The lowest BCUT2D eigenvalue weighted by atomic mass is 10.2. The van der Waals surface area contributed by atoms with E-state index < -0.39 is 5.97 Å². The van der Waals surface area contributed by atoms with Gasteiger partial charge in [-0.1, -0.05) is 16.8 Å². The van der Waals surface area contributed by atoms with Crippen molar-refractivity contribution in [1.29, 1.82) is 0 Å². The number of hydrogen-bond acceptors (Lipinski definition) is 4. The number of carboxylic acids is 1. The monoisotopic (exact) mass is 266 g/mol. The first-order valence-corrected chi connectivity index (χ1v) is 5.65. The van der Waals surface area contributed by atoms with Crippen molar-refractivity contribution in [3.8, 4) is 0 Å². The maximum absolute atomic E-state index is 10.8. The highest BCUT2D eigenvalue weighted by molar-refractivity contribution is 6.33. The first-order valence-electron chi connectivity index (χ1n) is 5.27. The Kier molecular flexibility index (Phi) is 3.78. The Morgan fingerprint density at radius 1 is 1.50 bits per heavy atom. The van der Waals surface area contributed by atoms with Gasteiger partial charge in [-0.3, -0.25) is 4.68 Å². The fraction of sp³-hybridized carbons (Fsp3) is 0.182. The molecule has 2 rings (SSSR count). The summed E-state index contributed by atoms with van der Waals surface area (Å²) in [5, 5.41) is 19.7. The number of nitrogens with zero attached hydrogens (tertiary/aromatic N) is 3. The van der Waals surface area contributed by atoms with Gasteiger partial charge < -0.3 is 10.4 Å². The Bertz CT molecular complexity index is 542. The van der Waals surface area contributed by atoms with Crippen molar-refractivity contribution in [2.75, 3.05) is 11.9 Å². The molecule has 2 N–H and O–H groups in total. The van der Waals surface area contributed by atoms with Crippen LogP contribution in [-0.2, 0) is 6.54 Å². The molecule has 1 aromatic carbocycles. The summed E-state index contributed by atoms with van der Waals surface area (Å²) in [6.45, 7) is 1.31. The van der Waals surface area contributed by atoms with Crippen LogP contribution in [0, 0.1) is 0 Å². The van der Waals surface area contributed by atoms with Crippen molar-refractivity contribution in [2.45, 2.75) is 6.54 Å². The Morgan fingerprint density at radius 3 is 2.94 bits per heavy atom. The Balaban J connectivity index is 1.94. The highest BCUT2D eigenvalue weighted by Crippen LogP contribution is 2.20. The number of aromatic nitrogens is 3. The minimum atomic E-state index is -1.03. The predicted octanol–water partition coefficient (Wildman–Crippen LogP) is 1.74. The minimum absolute atomic E-state index is 0.0958. The number of halogens is 1. The van der Waals surface area contributed by atoms with Crippen LogP contribution >= 0.6 is 11.6 Å². The number of nitrogens with one attached hydrogen (secondary N) is 1. The molecule has 0 atom stereocenters. The summed E-state index contributed by atoms with van der Waals surface area (Å²) in [5.41, 5.74) is 0.864. The zero-order valence-electron chi connectivity index (χ0n) is 9.38. The van der Waals surface area contributed by atoms with Crippen LogP contribution in [0.3, 0.4) is 0 Å². The van der Waals surface area contributed by atoms with Crippen LogP contribution in [0.5, 0.6) is 0 Å². The number of carbonyl (C=O) groups is 1. The van der Waals surface area contributed by atoms with Gasteiger partial charge >= 0.3 is 5.97 Å². The van der Waals surface area contributed by atoms with Gasteiger partial charge in [0.25, 0.3) is 0 Å². The summed E-state index contributed by atoms with van der Waals surface area (Å²) in [5.74, 6) is -1.03. The summed E-state index contributed by atoms with van der Waals surface area (Å²) in [6.07, 6.45) is 3.38. The standard InChI is InChI=1S/C11H11ClN4O2/c12-10-7-8(1-2-9(10)11(17)18)13-3-5-16-6-4-14-15-16/h1-2,4,6-7,13H,3,5H2,(H,17,18). The quantitative estimate of drug-likeness (QED) is 0.862. The molecule has 0 amide bonds. The first-order chi connectivity index (χ1) is 8.66. The molecule has 94 valence electrons. The van der Waals surface area contributed by atoms with E-state index in [2.05, 4.69) is 15.6 Å². The van der Waals surface area contributed by atoms with Crippen LogP contribution in [-0.4, -0.2) is 32.6 Å². The third-order valence-corrected chi connectivity index (χ3v) is 2.65. The maximum atomic E-state index is 10.8. The first kappa shape index (κ1) is 12.4. The van der Waals surface area contributed by atoms with Gasteiger partial charge in [-0.2, -0.15) is 0 Å². The number of anilines is 1. The predicted molar refractivity (Wildman–Crippen MR) is 66.9 cm³/mol. The van der Waals surface area contributed by atoms with Crippen molar-refractivity contribution in [1.82, 2.24) is 15.0 Å². The van der Waals surface area contributed by atoms with Crippen LogP contribution in [0.2, 0.25) is 5.02 Å². The third kappa shape index (κ3) is 2.98. The second-order valence-electron chi connectivity index (χ2n) is 3.59. The molecule has 0 aliphatic rings. The molecule has 0 unspecified atom stereocenters. The average Bonchev–Trinajstić information content (AvgIpc) is 2.81. The Morgan fingerprint density at radius 2 is 2.33 bits per heavy atom. The molecule has 0 saturated heterocycles. The molecular formula is C11H11ClN4O2. The second-order valence-corrected chi connectivity index (χ2v) is 4.00. The van der Waals surface area contributed by atoms with Gasteiger partial charge in [-0.15, -0.1) is 5.10 Å². The van der Waals surface area contributed by atoms with E-state index in [0.29, 0.717) is 13.1 Å². The molecule has 6 nitrogen and oxygen atoms in total. The van der Waals surface area contributed by atoms with Crippen LogP contribution in [0.25, 0.3) is 0 Å². The third-order valence-electron chi connectivity index (χ3n) is 2.34. The van der Waals surface area contributed by atoms with E-state index in [9.17, 15) is 4.79 Å². The van der Waals surface area contributed by atoms with Crippen LogP contribution in [0.15, 0.2) is 30.6 Å². The largest absolute Gasteiger partial charge is 0.478 e. The molecule has 0 aliphatic carbocycles. The van der Waals surface area contributed by atoms with Crippen molar-refractivity contribution in [2.24, 2.45) is 0 Å². The van der Waals surface area contributed by atoms with Gasteiger partial charge in [0.2, 0.25) is 0 Å². The van der Waals surface area contributed by atoms with Gasteiger partial charge in [0.1, 0.15) is 0 Å². The maximum Gasteiger partial charge on any atom is 0.337 e. The second kappa shape index (κ2) is 5.50. The highest BCUT2D eigenvalue weighted by Gasteiger charge is 2.08. The molecular weight excluding hydrogens is 256 g/mol. The molecule has 18 heavy (non-hydrogen) atoms. The fourth-order valence-electron chi connectivity index (χ4n) is 1.47. The van der Waals surface area contributed by atoms with Gasteiger partial charge in [-0.25, -0.2) is 4.79 Å². The summed E-state index contributed by atoms with van der Waals surface area (Å²) in [6, 6.07) is 4.74. The molecule has 0 spiro atoms. The van der Waals surface area contributed by atoms with Crippen LogP contribution in [0.4, 0.5) is 5.69 Å². The van der Waals surface area contributed by atoms with E-state index in [4.69, 9.17) is 16.7 Å². The average molecular weight is 267 g/mol. The van der Waals surface area contributed by atoms with Gasteiger partial charge in [0, 0.05) is 18.4 Å². The van der Waals surface area contributed by atoms with E-state index in [1.165, 1.54) is 6.07 Å². The SMILES string of the molecule is O=C(O)c1ccc(NCCn2ccnn2)cc1Cl. The molecule has 0 radical (unpaired) electrons. The van der Waals surface area contributed by atoms with Gasteiger partial charge in [0.15, 0.2) is 0 Å². The molecule has 0 fully saturated rings. The molecule has 1 aromatic heterocycles. The smallest absolute Gasteiger partial charge is 0.337 e. The number of carboxylic acid groups (broad SMARTS) is 1. The molecule has 0 aliphatic heterocycles. The van der Waals surface area contributed by atoms with Crippen molar-refractivity contribution >= 4 is 23.3 Å². The fourth-order valence-corrected chi connectivity index (χ4v) is 1.73. The molecule has 0 saturated carbocycles. The zero-order valence-corrected chi connectivity index (χ0v) is 10.1. The lowest BCUT2D eigenvalue weighted by Crippen LogP contribution is -2.11. The minimum Gasteiger partial charge on any atom is -0.478 e. The van der Waals surface area contributed by atoms with E-state index in [0.717, 1.165) is 5.69 Å². The number of aromatic carboxylic acids is 1. The zero-order chi connectivity index (χ0) is 13.0. The van der Waals surface area contributed by atoms with E-state index >= 15 is 0 Å². The van der Waals surface area contributed by atoms with Crippen molar-refractivity contribution in [3.63, 3.8) is 0 Å². The Hall–Kier alpha value is -2.08. The lowest BCUT2D eigenvalue weighted by molar-refractivity contribution is 0.0697. The highest BCUT2D eigenvalue weighted by atomic mass is 35.5. The van der Waals surface area contributed by atoms with Crippen LogP contribution < -0.4 is 5.32 Å².